The normalized spacial score (nSPS) is 11.1. The molecule has 3 rings (SSSR count). The average Bonchev–Trinajstić information content (AvgIpc) is 2.78. The summed E-state index contributed by atoms with van der Waals surface area (Å²) in [6.07, 6.45) is 3.63. The number of aromatic nitrogens is 4. The van der Waals surface area contributed by atoms with E-state index in [1.54, 1.807) is 10.9 Å². The van der Waals surface area contributed by atoms with Gasteiger partial charge in [-0.25, -0.2) is 9.97 Å². The highest BCUT2D eigenvalue weighted by Gasteiger charge is 2.11. The highest BCUT2D eigenvalue weighted by molar-refractivity contribution is 5.79. The van der Waals surface area contributed by atoms with Crippen LogP contribution in [0.4, 0.5) is 0 Å². The number of rotatable bonds is 3. The fraction of sp³-hybridized carbons (Fsp3) is 0.214. The molecule has 0 atom stereocenters. The standard InChI is InChI=1S/C14H15N5/c1-10-12-7-11(8-15-2)9-17-14(12)19(18-10)13-5-3-4-6-16-13/h3-7,9,15H,8H2,1-2H3. The molecule has 1 N–H and O–H groups in total. The molecule has 0 aliphatic carbocycles. The quantitative estimate of drug-likeness (QED) is 0.774. The Morgan fingerprint density at radius 1 is 1.26 bits per heavy atom. The van der Waals surface area contributed by atoms with Gasteiger partial charge in [-0.15, -0.1) is 0 Å². The van der Waals surface area contributed by atoms with E-state index in [9.17, 15) is 0 Å². The minimum atomic E-state index is 0.787. The zero-order valence-electron chi connectivity index (χ0n) is 11.0. The summed E-state index contributed by atoms with van der Waals surface area (Å²) in [5, 5.41) is 8.73. The van der Waals surface area contributed by atoms with Crippen LogP contribution in [0.3, 0.4) is 0 Å². The van der Waals surface area contributed by atoms with Crippen LogP contribution in [0.5, 0.6) is 0 Å². The first-order chi connectivity index (χ1) is 9.29. The van der Waals surface area contributed by atoms with Crippen LogP contribution >= 0.6 is 0 Å². The van der Waals surface area contributed by atoms with E-state index >= 15 is 0 Å². The van der Waals surface area contributed by atoms with Crippen molar-refractivity contribution in [3.63, 3.8) is 0 Å². The lowest BCUT2D eigenvalue weighted by molar-refractivity contribution is 0.813. The summed E-state index contributed by atoms with van der Waals surface area (Å²) in [4.78, 5) is 8.84. The van der Waals surface area contributed by atoms with Crippen molar-refractivity contribution < 1.29 is 0 Å². The maximum Gasteiger partial charge on any atom is 0.164 e. The molecular weight excluding hydrogens is 238 g/mol. The minimum Gasteiger partial charge on any atom is -0.316 e. The molecule has 3 aromatic heterocycles. The van der Waals surface area contributed by atoms with E-state index in [0.29, 0.717) is 0 Å². The third kappa shape index (κ3) is 2.08. The molecule has 0 aliphatic heterocycles. The maximum atomic E-state index is 4.53. The van der Waals surface area contributed by atoms with Gasteiger partial charge in [-0.3, -0.25) is 0 Å². The molecule has 0 aliphatic rings. The first-order valence-corrected chi connectivity index (χ1v) is 6.20. The van der Waals surface area contributed by atoms with Gasteiger partial charge in [0.25, 0.3) is 0 Å². The van der Waals surface area contributed by atoms with E-state index in [0.717, 1.165) is 34.7 Å². The van der Waals surface area contributed by atoms with Gasteiger partial charge in [0.15, 0.2) is 11.5 Å². The molecule has 0 unspecified atom stereocenters. The maximum absolute atomic E-state index is 4.53. The molecular formula is C14H15N5. The van der Waals surface area contributed by atoms with Crippen molar-refractivity contribution in [2.75, 3.05) is 7.05 Å². The topological polar surface area (TPSA) is 55.6 Å². The van der Waals surface area contributed by atoms with Gasteiger partial charge >= 0.3 is 0 Å². The zero-order chi connectivity index (χ0) is 13.2. The summed E-state index contributed by atoms with van der Waals surface area (Å²) >= 11 is 0. The molecule has 0 fully saturated rings. The molecule has 0 radical (unpaired) electrons. The SMILES string of the molecule is CNCc1cnc2c(c1)c(C)nn2-c1ccccn1. The number of nitrogens with one attached hydrogen (secondary N) is 1. The Balaban J connectivity index is 2.18. The summed E-state index contributed by atoms with van der Waals surface area (Å²) in [6, 6.07) is 7.89. The van der Waals surface area contributed by atoms with Crippen LogP contribution in [-0.4, -0.2) is 26.8 Å². The van der Waals surface area contributed by atoms with Crippen molar-refractivity contribution in [2.24, 2.45) is 0 Å². The molecule has 0 saturated carbocycles. The summed E-state index contributed by atoms with van der Waals surface area (Å²) in [5.41, 5.74) is 2.96. The number of aryl methyl sites for hydroxylation is 1. The van der Waals surface area contributed by atoms with Crippen LogP contribution in [0.25, 0.3) is 16.9 Å². The van der Waals surface area contributed by atoms with Gasteiger partial charge in [0.1, 0.15) is 0 Å². The number of pyridine rings is 2. The fourth-order valence-electron chi connectivity index (χ4n) is 2.13. The predicted octanol–water partition coefficient (Wildman–Crippen LogP) is 1.84. The molecule has 5 nitrogen and oxygen atoms in total. The zero-order valence-corrected chi connectivity index (χ0v) is 11.0. The number of nitrogens with zero attached hydrogens (tertiary/aromatic N) is 4. The Labute approximate surface area is 111 Å². The van der Waals surface area contributed by atoms with Crippen molar-refractivity contribution in [1.82, 2.24) is 25.1 Å². The van der Waals surface area contributed by atoms with E-state index in [4.69, 9.17) is 0 Å². The van der Waals surface area contributed by atoms with Gasteiger partial charge in [-0.2, -0.15) is 9.78 Å². The van der Waals surface area contributed by atoms with Gasteiger partial charge in [-0.1, -0.05) is 6.07 Å². The van der Waals surface area contributed by atoms with Crippen LogP contribution in [0.15, 0.2) is 36.7 Å². The van der Waals surface area contributed by atoms with E-state index in [1.807, 2.05) is 38.4 Å². The molecule has 0 saturated heterocycles. The van der Waals surface area contributed by atoms with Gasteiger partial charge in [0.2, 0.25) is 0 Å². The van der Waals surface area contributed by atoms with Crippen molar-refractivity contribution >= 4 is 11.0 Å². The highest BCUT2D eigenvalue weighted by atomic mass is 15.3. The van der Waals surface area contributed by atoms with Crippen molar-refractivity contribution in [3.05, 3.63) is 47.9 Å². The number of hydrogen-bond donors (Lipinski definition) is 1. The largest absolute Gasteiger partial charge is 0.316 e. The van der Waals surface area contributed by atoms with Crippen LogP contribution < -0.4 is 5.32 Å². The number of hydrogen-bond acceptors (Lipinski definition) is 4. The fourth-order valence-corrected chi connectivity index (χ4v) is 2.13. The Kier molecular flexibility index (Phi) is 2.97. The van der Waals surface area contributed by atoms with Gasteiger partial charge < -0.3 is 5.32 Å². The lowest BCUT2D eigenvalue weighted by Crippen LogP contribution is -2.05. The molecule has 0 aromatic carbocycles. The third-order valence-corrected chi connectivity index (χ3v) is 3.01. The summed E-state index contributed by atoms with van der Waals surface area (Å²) in [5.74, 6) is 0.787. The van der Waals surface area contributed by atoms with Crippen molar-refractivity contribution in [2.45, 2.75) is 13.5 Å². The van der Waals surface area contributed by atoms with Crippen LogP contribution in [0.1, 0.15) is 11.3 Å². The monoisotopic (exact) mass is 253 g/mol. The molecule has 3 aromatic rings. The van der Waals surface area contributed by atoms with E-state index in [1.165, 1.54) is 0 Å². The van der Waals surface area contributed by atoms with E-state index in [2.05, 4.69) is 26.4 Å². The lowest BCUT2D eigenvalue weighted by atomic mass is 10.2. The van der Waals surface area contributed by atoms with Gasteiger partial charge in [-0.05, 0) is 37.7 Å². The van der Waals surface area contributed by atoms with E-state index in [-0.39, 0.29) is 0 Å². The molecule has 96 valence electrons. The summed E-state index contributed by atoms with van der Waals surface area (Å²) in [6.45, 7) is 2.80. The van der Waals surface area contributed by atoms with E-state index < -0.39 is 0 Å². The number of fused-ring (bicyclic) bond motifs is 1. The van der Waals surface area contributed by atoms with Crippen LogP contribution in [-0.2, 0) is 6.54 Å². The van der Waals surface area contributed by atoms with Gasteiger partial charge in [0, 0.05) is 24.3 Å². The average molecular weight is 253 g/mol. The van der Waals surface area contributed by atoms with Crippen LogP contribution in [0, 0.1) is 6.92 Å². The molecule has 19 heavy (non-hydrogen) atoms. The second-order valence-electron chi connectivity index (χ2n) is 4.43. The molecule has 0 spiro atoms. The Morgan fingerprint density at radius 3 is 2.89 bits per heavy atom. The first-order valence-electron chi connectivity index (χ1n) is 6.20. The van der Waals surface area contributed by atoms with Crippen LogP contribution in [0.2, 0.25) is 0 Å². The second kappa shape index (κ2) is 4.78. The molecule has 0 bridgehead atoms. The second-order valence-corrected chi connectivity index (χ2v) is 4.43. The molecule has 3 heterocycles. The Bertz CT molecular complexity index is 702. The van der Waals surface area contributed by atoms with Crippen molar-refractivity contribution in [1.29, 1.82) is 0 Å². The molecule has 5 heteroatoms. The Morgan fingerprint density at radius 2 is 2.16 bits per heavy atom. The molecule has 0 amide bonds. The minimum absolute atomic E-state index is 0.787. The Hall–Kier alpha value is -2.27. The lowest BCUT2D eigenvalue weighted by Gasteiger charge is -2.02. The predicted molar refractivity (Wildman–Crippen MR) is 74.2 cm³/mol. The summed E-state index contributed by atoms with van der Waals surface area (Å²) < 4.78 is 1.79. The first kappa shape index (κ1) is 11.8. The van der Waals surface area contributed by atoms with Crippen molar-refractivity contribution in [3.8, 4) is 5.82 Å². The highest BCUT2D eigenvalue weighted by Crippen LogP contribution is 2.19. The third-order valence-electron chi connectivity index (χ3n) is 3.01. The van der Waals surface area contributed by atoms with Gasteiger partial charge in [0.05, 0.1) is 5.69 Å². The smallest absolute Gasteiger partial charge is 0.164 e. The summed E-state index contributed by atoms with van der Waals surface area (Å²) in [7, 11) is 1.92.